The highest BCUT2D eigenvalue weighted by Gasteiger charge is 2.29. The first-order chi connectivity index (χ1) is 9.70. The number of anilines is 1. The van der Waals surface area contributed by atoms with Crippen LogP contribution in [0.5, 0.6) is 0 Å². The van der Waals surface area contributed by atoms with Gasteiger partial charge >= 0.3 is 12.0 Å². The van der Waals surface area contributed by atoms with Crippen molar-refractivity contribution in [3.63, 3.8) is 0 Å². The van der Waals surface area contributed by atoms with E-state index in [4.69, 9.17) is 5.11 Å². The summed E-state index contributed by atoms with van der Waals surface area (Å²) in [6, 6.07) is 6.45. The SMILES string of the molecule is CC(C)(CC(=O)CNC(=O)Nc1ccc(Br)cc1)C(=O)O. The van der Waals surface area contributed by atoms with E-state index in [9.17, 15) is 14.4 Å². The molecule has 0 heterocycles. The summed E-state index contributed by atoms with van der Waals surface area (Å²) in [4.78, 5) is 34.2. The molecule has 0 aromatic heterocycles. The minimum absolute atomic E-state index is 0.138. The molecule has 114 valence electrons. The summed E-state index contributed by atoms with van der Waals surface area (Å²) < 4.78 is 0.888. The second-order valence-corrected chi connectivity index (χ2v) is 6.13. The fourth-order valence-corrected chi connectivity index (χ4v) is 1.78. The van der Waals surface area contributed by atoms with Crippen LogP contribution in [0.25, 0.3) is 0 Å². The van der Waals surface area contributed by atoms with Gasteiger partial charge in [0.15, 0.2) is 5.78 Å². The van der Waals surface area contributed by atoms with Gasteiger partial charge in [-0.15, -0.1) is 0 Å². The molecule has 2 amide bonds. The highest BCUT2D eigenvalue weighted by molar-refractivity contribution is 9.10. The fraction of sp³-hybridized carbons (Fsp3) is 0.357. The van der Waals surface area contributed by atoms with Crippen LogP contribution in [0, 0.1) is 5.41 Å². The number of rotatable bonds is 6. The van der Waals surface area contributed by atoms with Crippen molar-refractivity contribution < 1.29 is 19.5 Å². The number of nitrogens with one attached hydrogen (secondary N) is 2. The number of carboxylic acids is 1. The number of aliphatic carboxylic acids is 1. The van der Waals surface area contributed by atoms with E-state index in [0.29, 0.717) is 5.69 Å². The quantitative estimate of drug-likeness (QED) is 0.729. The van der Waals surface area contributed by atoms with Crippen molar-refractivity contribution >= 4 is 39.4 Å². The number of Topliss-reactive ketones (excluding diaryl/α,β-unsaturated/α-hetero) is 1. The summed E-state index contributed by atoms with van der Waals surface area (Å²) >= 11 is 3.28. The van der Waals surface area contributed by atoms with Crippen LogP contribution in [0.4, 0.5) is 10.5 Å². The third kappa shape index (κ3) is 5.95. The molecule has 0 aliphatic rings. The zero-order valence-electron chi connectivity index (χ0n) is 11.8. The summed E-state index contributed by atoms with van der Waals surface area (Å²) in [5.74, 6) is -1.39. The van der Waals surface area contributed by atoms with Gasteiger partial charge in [0.1, 0.15) is 0 Å². The number of ketones is 1. The molecule has 0 fully saturated rings. The molecule has 0 spiro atoms. The molecule has 0 radical (unpaired) electrons. The lowest BCUT2D eigenvalue weighted by Crippen LogP contribution is -2.36. The molecule has 1 aromatic carbocycles. The molecule has 0 aliphatic heterocycles. The zero-order chi connectivity index (χ0) is 16.0. The normalized spacial score (nSPS) is 10.8. The summed E-state index contributed by atoms with van der Waals surface area (Å²) in [5.41, 5.74) is -0.546. The molecule has 1 rings (SSSR count). The summed E-state index contributed by atoms with van der Waals surface area (Å²) in [6.45, 7) is 2.73. The van der Waals surface area contributed by atoms with Crippen molar-refractivity contribution in [2.75, 3.05) is 11.9 Å². The average molecular weight is 357 g/mol. The van der Waals surface area contributed by atoms with Crippen molar-refractivity contribution in [3.8, 4) is 0 Å². The molecule has 0 unspecified atom stereocenters. The molecule has 21 heavy (non-hydrogen) atoms. The smallest absolute Gasteiger partial charge is 0.319 e. The molecular formula is C14H17BrN2O4. The fourth-order valence-electron chi connectivity index (χ4n) is 1.52. The van der Waals surface area contributed by atoms with Gasteiger partial charge in [-0.05, 0) is 38.1 Å². The molecule has 6 nitrogen and oxygen atoms in total. The molecule has 1 aromatic rings. The van der Waals surface area contributed by atoms with Gasteiger partial charge in [0.25, 0.3) is 0 Å². The van der Waals surface area contributed by atoms with E-state index >= 15 is 0 Å². The van der Waals surface area contributed by atoms with Crippen molar-refractivity contribution in [1.82, 2.24) is 5.32 Å². The van der Waals surface area contributed by atoms with Crippen molar-refractivity contribution in [2.24, 2.45) is 5.41 Å². The average Bonchev–Trinajstić information content (AvgIpc) is 2.38. The highest BCUT2D eigenvalue weighted by atomic mass is 79.9. The number of benzene rings is 1. The maximum absolute atomic E-state index is 11.7. The molecule has 0 aliphatic carbocycles. The van der Waals surface area contributed by atoms with Crippen molar-refractivity contribution in [2.45, 2.75) is 20.3 Å². The lowest BCUT2D eigenvalue weighted by Gasteiger charge is -2.17. The number of hydrogen-bond donors (Lipinski definition) is 3. The Morgan fingerprint density at radius 3 is 2.29 bits per heavy atom. The molecule has 0 saturated heterocycles. The van der Waals surface area contributed by atoms with Gasteiger partial charge in [-0.3, -0.25) is 9.59 Å². The van der Waals surface area contributed by atoms with Gasteiger partial charge in [0, 0.05) is 16.6 Å². The Kier molecular flexibility index (Phi) is 5.90. The number of halogens is 1. The molecule has 0 bridgehead atoms. The molecule has 7 heteroatoms. The standard InChI is InChI=1S/C14H17BrN2O4/c1-14(2,12(19)20)7-11(18)8-16-13(21)17-10-5-3-9(15)4-6-10/h3-6H,7-8H2,1-2H3,(H,19,20)(H2,16,17,21). The number of amides is 2. The Hall–Kier alpha value is -1.89. The Bertz CT molecular complexity index is 540. The minimum Gasteiger partial charge on any atom is -0.481 e. The van der Waals surface area contributed by atoms with Crippen LogP contribution in [-0.4, -0.2) is 29.4 Å². The maximum Gasteiger partial charge on any atom is 0.319 e. The van der Waals surface area contributed by atoms with Gasteiger partial charge in [-0.25, -0.2) is 4.79 Å². The first-order valence-electron chi connectivity index (χ1n) is 6.26. The van der Waals surface area contributed by atoms with Crippen LogP contribution in [0.15, 0.2) is 28.7 Å². The highest BCUT2D eigenvalue weighted by Crippen LogP contribution is 2.20. The molecule has 0 atom stereocenters. The van der Waals surface area contributed by atoms with Crippen LogP contribution >= 0.6 is 15.9 Å². The van der Waals surface area contributed by atoms with Gasteiger partial charge < -0.3 is 15.7 Å². The Morgan fingerprint density at radius 2 is 1.76 bits per heavy atom. The second-order valence-electron chi connectivity index (χ2n) is 5.22. The third-order valence-electron chi connectivity index (χ3n) is 2.77. The summed E-state index contributed by atoms with van der Waals surface area (Å²) in [5, 5.41) is 13.9. The van der Waals surface area contributed by atoms with E-state index in [1.165, 1.54) is 13.8 Å². The topological polar surface area (TPSA) is 95.5 Å². The second kappa shape index (κ2) is 7.21. The van der Waals surface area contributed by atoms with Crippen LogP contribution < -0.4 is 10.6 Å². The number of hydrogen-bond acceptors (Lipinski definition) is 3. The molecule has 0 saturated carbocycles. The first-order valence-corrected chi connectivity index (χ1v) is 7.05. The minimum atomic E-state index is -1.14. The Labute approximate surface area is 131 Å². The van der Waals surface area contributed by atoms with Gasteiger partial charge in [-0.1, -0.05) is 15.9 Å². The summed E-state index contributed by atoms with van der Waals surface area (Å²) in [6.07, 6.45) is -0.138. The van der Waals surface area contributed by atoms with Crippen LogP contribution in [-0.2, 0) is 9.59 Å². The van der Waals surface area contributed by atoms with Crippen LogP contribution in [0.3, 0.4) is 0 Å². The van der Waals surface area contributed by atoms with E-state index in [-0.39, 0.29) is 18.7 Å². The van der Waals surface area contributed by atoms with Crippen molar-refractivity contribution in [3.05, 3.63) is 28.7 Å². The van der Waals surface area contributed by atoms with Crippen molar-refractivity contribution in [1.29, 1.82) is 0 Å². The van der Waals surface area contributed by atoms with E-state index < -0.39 is 17.4 Å². The van der Waals surface area contributed by atoms with E-state index in [1.54, 1.807) is 24.3 Å². The Balaban J connectivity index is 2.41. The lowest BCUT2D eigenvalue weighted by molar-refractivity contribution is -0.149. The zero-order valence-corrected chi connectivity index (χ0v) is 13.4. The monoisotopic (exact) mass is 356 g/mol. The van der Waals surface area contributed by atoms with E-state index in [0.717, 1.165) is 4.47 Å². The Morgan fingerprint density at radius 1 is 1.19 bits per heavy atom. The largest absolute Gasteiger partial charge is 0.481 e. The van der Waals surface area contributed by atoms with Gasteiger partial charge in [0.2, 0.25) is 0 Å². The molecule has 3 N–H and O–H groups in total. The van der Waals surface area contributed by atoms with Crippen LogP contribution in [0.1, 0.15) is 20.3 Å². The predicted molar refractivity (Wildman–Crippen MR) is 82.2 cm³/mol. The summed E-state index contributed by atoms with van der Waals surface area (Å²) in [7, 11) is 0. The predicted octanol–water partition coefficient (Wildman–Crippen LogP) is 2.64. The number of carbonyl (C=O) groups is 3. The van der Waals surface area contributed by atoms with Gasteiger partial charge in [0.05, 0.1) is 12.0 Å². The van der Waals surface area contributed by atoms with Crippen LogP contribution in [0.2, 0.25) is 0 Å². The lowest BCUT2D eigenvalue weighted by atomic mass is 9.87. The van der Waals surface area contributed by atoms with Gasteiger partial charge in [-0.2, -0.15) is 0 Å². The van der Waals surface area contributed by atoms with E-state index in [1.807, 2.05) is 0 Å². The molecular weight excluding hydrogens is 340 g/mol. The number of carbonyl (C=O) groups excluding carboxylic acids is 2. The first kappa shape index (κ1) is 17.2. The number of carboxylic acid groups (broad SMARTS) is 1. The van der Waals surface area contributed by atoms with E-state index in [2.05, 4.69) is 26.6 Å². The number of urea groups is 1. The third-order valence-corrected chi connectivity index (χ3v) is 3.29. The maximum atomic E-state index is 11.7.